The van der Waals surface area contributed by atoms with Crippen molar-refractivity contribution in [1.29, 1.82) is 0 Å². The lowest BCUT2D eigenvalue weighted by atomic mass is 9.92. The van der Waals surface area contributed by atoms with E-state index in [0.29, 0.717) is 18.0 Å². The second kappa shape index (κ2) is 7.38. The highest BCUT2D eigenvalue weighted by Crippen LogP contribution is 2.26. The Morgan fingerprint density at radius 2 is 1.81 bits per heavy atom. The fraction of sp³-hybridized carbons (Fsp3) is 0.526. The number of rotatable bonds is 4. The number of benzene rings is 1. The van der Waals surface area contributed by atoms with Crippen LogP contribution in [0.2, 0.25) is 0 Å². The monoisotopic (exact) mass is 391 g/mol. The zero-order valence-corrected chi connectivity index (χ0v) is 16.8. The number of hydrogen-bond acceptors (Lipinski definition) is 5. The topological polar surface area (TPSA) is 53.5 Å². The number of sulfonamides is 1. The molecular formula is C19H25N3O2S2. The van der Waals surface area contributed by atoms with E-state index in [4.69, 9.17) is 0 Å². The van der Waals surface area contributed by atoms with E-state index in [9.17, 15) is 8.42 Å². The first-order chi connectivity index (χ1) is 12.5. The molecule has 0 saturated carbocycles. The fourth-order valence-electron chi connectivity index (χ4n) is 3.86. The second-order valence-corrected chi connectivity index (χ2v) is 10.2. The lowest BCUT2D eigenvalue weighted by Crippen LogP contribution is -2.48. The van der Waals surface area contributed by atoms with Gasteiger partial charge in [0, 0.05) is 38.1 Å². The molecule has 1 saturated heterocycles. The number of piperazine rings is 1. The normalized spacial score (nSPS) is 19.4. The molecule has 2 aromatic rings. The molecule has 0 unspecified atom stereocenters. The van der Waals surface area contributed by atoms with Crippen molar-refractivity contribution in [2.45, 2.75) is 44.0 Å². The number of hydrogen-bond donors (Lipinski definition) is 0. The molecule has 140 valence electrons. The molecule has 4 rings (SSSR count). The number of nitrogens with zero attached hydrogens (tertiary/aromatic N) is 3. The van der Waals surface area contributed by atoms with Crippen LogP contribution in [0.5, 0.6) is 0 Å². The maximum Gasteiger partial charge on any atom is 0.243 e. The summed E-state index contributed by atoms with van der Waals surface area (Å²) in [5.74, 6) is 0. The first kappa shape index (κ1) is 18.1. The summed E-state index contributed by atoms with van der Waals surface area (Å²) in [5, 5.41) is 3.17. The highest BCUT2D eigenvalue weighted by Gasteiger charge is 2.29. The van der Waals surface area contributed by atoms with Crippen molar-refractivity contribution in [3.63, 3.8) is 0 Å². The van der Waals surface area contributed by atoms with Crippen molar-refractivity contribution in [2.24, 2.45) is 0 Å². The van der Waals surface area contributed by atoms with Gasteiger partial charge in [0.2, 0.25) is 10.0 Å². The van der Waals surface area contributed by atoms with Crippen molar-refractivity contribution in [2.75, 3.05) is 26.2 Å². The maximum absolute atomic E-state index is 13.0. The van der Waals surface area contributed by atoms with Gasteiger partial charge in [0.15, 0.2) is 0 Å². The van der Waals surface area contributed by atoms with Gasteiger partial charge < -0.3 is 0 Å². The SMILES string of the molecule is Cc1nc(CN2CCN(S(=O)(=O)c3ccc4c(c3)CCCC4)CC2)cs1. The van der Waals surface area contributed by atoms with E-state index in [1.54, 1.807) is 21.7 Å². The van der Waals surface area contributed by atoms with Crippen molar-refractivity contribution >= 4 is 21.4 Å². The Morgan fingerprint density at radius 1 is 1.08 bits per heavy atom. The van der Waals surface area contributed by atoms with Crippen molar-refractivity contribution < 1.29 is 8.42 Å². The molecule has 2 heterocycles. The van der Waals surface area contributed by atoms with Gasteiger partial charge in [0.25, 0.3) is 0 Å². The van der Waals surface area contributed by atoms with Crippen LogP contribution in [-0.2, 0) is 29.4 Å². The van der Waals surface area contributed by atoms with Gasteiger partial charge in [-0.2, -0.15) is 4.31 Å². The Labute approximate surface area is 159 Å². The molecule has 2 aliphatic rings. The predicted octanol–water partition coefficient (Wildman–Crippen LogP) is 2.84. The van der Waals surface area contributed by atoms with Crippen LogP contribution in [0.4, 0.5) is 0 Å². The van der Waals surface area contributed by atoms with Gasteiger partial charge in [-0.25, -0.2) is 13.4 Å². The van der Waals surface area contributed by atoms with Crippen LogP contribution in [0.15, 0.2) is 28.5 Å². The van der Waals surface area contributed by atoms with Gasteiger partial charge in [-0.1, -0.05) is 6.07 Å². The number of thiazole rings is 1. The molecule has 1 aromatic carbocycles. The minimum atomic E-state index is -3.39. The second-order valence-electron chi connectivity index (χ2n) is 7.18. The molecule has 0 atom stereocenters. The van der Waals surface area contributed by atoms with Gasteiger partial charge in [0.1, 0.15) is 0 Å². The maximum atomic E-state index is 13.0. The van der Waals surface area contributed by atoms with Gasteiger partial charge in [-0.15, -0.1) is 11.3 Å². The molecular weight excluding hydrogens is 366 g/mol. The molecule has 0 spiro atoms. The number of aryl methyl sites for hydroxylation is 3. The van der Waals surface area contributed by atoms with E-state index in [1.807, 2.05) is 19.1 Å². The summed E-state index contributed by atoms with van der Waals surface area (Å²) >= 11 is 1.66. The highest BCUT2D eigenvalue weighted by molar-refractivity contribution is 7.89. The summed E-state index contributed by atoms with van der Waals surface area (Å²) < 4.78 is 27.7. The van der Waals surface area contributed by atoms with Crippen molar-refractivity contribution in [1.82, 2.24) is 14.2 Å². The van der Waals surface area contributed by atoms with Gasteiger partial charge in [-0.3, -0.25) is 4.90 Å². The Bertz CT molecular complexity index is 884. The Hall–Kier alpha value is -1.28. The van der Waals surface area contributed by atoms with Crippen LogP contribution in [0.1, 0.15) is 34.7 Å². The van der Waals surface area contributed by atoms with Crippen LogP contribution >= 0.6 is 11.3 Å². The molecule has 0 amide bonds. The lowest BCUT2D eigenvalue weighted by molar-refractivity contribution is 0.180. The van der Waals surface area contributed by atoms with E-state index < -0.39 is 10.0 Å². The minimum Gasteiger partial charge on any atom is -0.295 e. The van der Waals surface area contributed by atoms with E-state index >= 15 is 0 Å². The number of fused-ring (bicyclic) bond motifs is 1. The summed E-state index contributed by atoms with van der Waals surface area (Å²) in [6.45, 7) is 5.40. The van der Waals surface area contributed by atoms with Crippen LogP contribution in [0.25, 0.3) is 0 Å². The van der Waals surface area contributed by atoms with Gasteiger partial charge in [0.05, 0.1) is 15.6 Å². The Kier molecular flexibility index (Phi) is 5.14. The summed E-state index contributed by atoms with van der Waals surface area (Å²) in [6.07, 6.45) is 4.44. The molecule has 7 heteroatoms. The fourth-order valence-corrected chi connectivity index (χ4v) is 5.93. The van der Waals surface area contributed by atoms with Crippen LogP contribution < -0.4 is 0 Å². The average Bonchev–Trinajstić information content (AvgIpc) is 3.06. The predicted molar refractivity (Wildman–Crippen MR) is 104 cm³/mol. The smallest absolute Gasteiger partial charge is 0.243 e. The minimum absolute atomic E-state index is 0.460. The zero-order valence-electron chi connectivity index (χ0n) is 15.1. The third-order valence-electron chi connectivity index (χ3n) is 5.34. The van der Waals surface area contributed by atoms with Crippen LogP contribution in [0, 0.1) is 6.92 Å². The summed E-state index contributed by atoms with van der Waals surface area (Å²) in [7, 11) is -3.39. The number of aromatic nitrogens is 1. The molecule has 1 aliphatic heterocycles. The van der Waals surface area contributed by atoms with Crippen molar-refractivity contribution in [3.05, 3.63) is 45.4 Å². The summed E-state index contributed by atoms with van der Waals surface area (Å²) in [5.41, 5.74) is 3.62. The average molecular weight is 392 g/mol. The van der Waals surface area contributed by atoms with Gasteiger partial charge in [-0.05, 0) is 55.9 Å². The first-order valence-electron chi connectivity index (χ1n) is 9.28. The quantitative estimate of drug-likeness (QED) is 0.804. The molecule has 0 bridgehead atoms. The molecule has 26 heavy (non-hydrogen) atoms. The third-order valence-corrected chi connectivity index (χ3v) is 8.06. The van der Waals surface area contributed by atoms with Gasteiger partial charge >= 0.3 is 0 Å². The Morgan fingerprint density at radius 3 is 2.50 bits per heavy atom. The molecule has 1 aliphatic carbocycles. The molecule has 5 nitrogen and oxygen atoms in total. The molecule has 0 N–H and O–H groups in total. The van der Waals surface area contributed by atoms with E-state index in [0.717, 1.165) is 49.6 Å². The molecule has 0 radical (unpaired) electrons. The van der Waals surface area contributed by atoms with E-state index in [-0.39, 0.29) is 0 Å². The Balaban J connectivity index is 1.43. The standard InChI is InChI=1S/C19H25N3O2S2/c1-15-20-18(14-25-15)13-21-8-10-22(11-9-21)26(23,24)19-7-6-16-4-2-3-5-17(16)12-19/h6-7,12,14H,2-5,8-11,13H2,1H3. The molecule has 1 aromatic heterocycles. The summed E-state index contributed by atoms with van der Waals surface area (Å²) in [6, 6.07) is 5.72. The molecule has 1 fully saturated rings. The highest BCUT2D eigenvalue weighted by atomic mass is 32.2. The zero-order chi connectivity index (χ0) is 18.1. The third kappa shape index (κ3) is 3.71. The lowest BCUT2D eigenvalue weighted by Gasteiger charge is -2.33. The van der Waals surface area contributed by atoms with Crippen LogP contribution in [-0.4, -0.2) is 48.8 Å². The largest absolute Gasteiger partial charge is 0.295 e. The van der Waals surface area contributed by atoms with Crippen LogP contribution in [0.3, 0.4) is 0 Å². The first-order valence-corrected chi connectivity index (χ1v) is 11.6. The van der Waals surface area contributed by atoms with E-state index in [2.05, 4.69) is 15.3 Å². The van der Waals surface area contributed by atoms with Crippen molar-refractivity contribution in [3.8, 4) is 0 Å². The summed E-state index contributed by atoms with van der Waals surface area (Å²) in [4.78, 5) is 7.25. The van der Waals surface area contributed by atoms with E-state index in [1.165, 1.54) is 17.5 Å².